The molecule has 2 aliphatic rings. The maximum absolute atomic E-state index is 12.8. The first kappa shape index (κ1) is 24.6. The van der Waals surface area contributed by atoms with Gasteiger partial charge in [0.15, 0.2) is 0 Å². The summed E-state index contributed by atoms with van der Waals surface area (Å²) < 4.78 is 5.50. The highest BCUT2D eigenvalue weighted by molar-refractivity contribution is 6.31. The van der Waals surface area contributed by atoms with Gasteiger partial charge in [0, 0.05) is 33.8 Å². The first-order chi connectivity index (χ1) is 15.3. The second kappa shape index (κ2) is 10.3. The van der Waals surface area contributed by atoms with Gasteiger partial charge < -0.3 is 15.2 Å². The number of nitrogens with one attached hydrogen (secondary N) is 1. The molecule has 2 aromatic rings. The van der Waals surface area contributed by atoms with E-state index in [0.29, 0.717) is 15.8 Å². The van der Waals surface area contributed by atoms with E-state index in [1.165, 1.54) is 0 Å². The summed E-state index contributed by atoms with van der Waals surface area (Å²) in [5, 5.41) is 13.4. The molecule has 1 saturated heterocycles. The van der Waals surface area contributed by atoms with Crippen LogP contribution in [0.2, 0.25) is 10.0 Å². The minimum Gasteiger partial charge on any atom is -0.491 e. The van der Waals surface area contributed by atoms with E-state index in [1.54, 1.807) is 6.07 Å². The number of ether oxygens (including phenoxy) is 1. The average molecular weight is 476 g/mol. The van der Waals surface area contributed by atoms with Crippen molar-refractivity contribution in [2.45, 2.75) is 45.6 Å². The van der Waals surface area contributed by atoms with Crippen LogP contribution in [-0.4, -0.2) is 30.3 Å². The quantitative estimate of drug-likeness (QED) is 0.523. The third-order valence-corrected chi connectivity index (χ3v) is 7.03. The fourth-order valence-corrected chi connectivity index (χ4v) is 5.49. The molecule has 0 radical (unpaired) electrons. The van der Waals surface area contributed by atoms with Gasteiger partial charge in [0.2, 0.25) is 5.91 Å². The average Bonchev–Trinajstić information content (AvgIpc) is 3.02. The van der Waals surface area contributed by atoms with Crippen molar-refractivity contribution >= 4 is 29.1 Å². The van der Waals surface area contributed by atoms with Crippen molar-refractivity contribution in [1.82, 2.24) is 5.32 Å². The third kappa shape index (κ3) is 4.54. The lowest BCUT2D eigenvalue weighted by atomic mass is 9.59. The Morgan fingerprint density at radius 2 is 1.81 bits per heavy atom. The molecule has 1 amide bonds. The number of carbonyl (C=O) groups excluding carboxylic acids is 1. The summed E-state index contributed by atoms with van der Waals surface area (Å²) in [5.41, 5.74) is 1.54. The lowest BCUT2D eigenvalue weighted by molar-refractivity contribution is -0.126. The van der Waals surface area contributed by atoms with Gasteiger partial charge in [0.25, 0.3) is 0 Å². The van der Waals surface area contributed by atoms with E-state index < -0.39 is 5.41 Å². The zero-order chi connectivity index (χ0) is 23.5. The van der Waals surface area contributed by atoms with Gasteiger partial charge in [-0.15, -0.1) is 0 Å². The van der Waals surface area contributed by atoms with E-state index >= 15 is 0 Å². The van der Waals surface area contributed by atoms with Crippen LogP contribution in [0.4, 0.5) is 0 Å². The van der Waals surface area contributed by atoms with Crippen molar-refractivity contribution in [3.63, 3.8) is 0 Å². The van der Waals surface area contributed by atoms with Crippen LogP contribution < -0.4 is 10.1 Å². The highest BCUT2D eigenvalue weighted by Crippen LogP contribution is 2.56. The minimum absolute atomic E-state index is 0.00112. The standard InChI is InChI=1S/C24H25Cl2NO3.C2H6/c1-14-22-21(15-3-5-16(25)6-4-15)19(9-10-24(22,2)23(29)27-14)18-8-7-17(13-20(18)26)30-12-11-28;1-2/h3-10,13-14,19,21-22,28H,11-12H2,1-2H3,(H,27,29);1-2H3. The van der Waals surface area contributed by atoms with E-state index in [4.69, 9.17) is 33.0 Å². The number of aliphatic hydroxyl groups is 1. The Bertz CT molecular complexity index is 976. The molecule has 172 valence electrons. The smallest absolute Gasteiger partial charge is 0.230 e. The fraction of sp³-hybridized carbons (Fsp3) is 0.423. The zero-order valence-corrected chi connectivity index (χ0v) is 20.5. The lowest BCUT2D eigenvalue weighted by Gasteiger charge is -2.42. The number of hydrogen-bond acceptors (Lipinski definition) is 3. The molecular formula is C26H31Cl2NO3. The molecule has 0 saturated carbocycles. The first-order valence-corrected chi connectivity index (χ1v) is 11.9. The molecule has 2 N–H and O–H groups in total. The summed E-state index contributed by atoms with van der Waals surface area (Å²) in [7, 11) is 0. The molecule has 32 heavy (non-hydrogen) atoms. The molecule has 1 fully saturated rings. The summed E-state index contributed by atoms with van der Waals surface area (Å²) in [5.74, 6) is 0.804. The lowest BCUT2D eigenvalue weighted by Crippen LogP contribution is -2.39. The minimum atomic E-state index is -0.573. The summed E-state index contributed by atoms with van der Waals surface area (Å²) in [6.45, 7) is 8.25. The number of hydrogen-bond donors (Lipinski definition) is 2. The molecule has 0 aromatic heterocycles. The molecule has 5 atom stereocenters. The number of allylic oxidation sites excluding steroid dienone is 1. The number of carbonyl (C=O) groups is 1. The first-order valence-electron chi connectivity index (χ1n) is 11.1. The third-order valence-electron chi connectivity index (χ3n) is 6.45. The maximum Gasteiger partial charge on any atom is 0.230 e. The summed E-state index contributed by atoms with van der Waals surface area (Å²) in [4.78, 5) is 12.8. The van der Waals surface area contributed by atoms with Crippen molar-refractivity contribution in [2.75, 3.05) is 13.2 Å². The molecule has 1 aliphatic carbocycles. The number of fused-ring (bicyclic) bond motifs is 1. The Kier molecular flexibility index (Phi) is 7.92. The van der Waals surface area contributed by atoms with Gasteiger partial charge >= 0.3 is 0 Å². The second-order valence-corrected chi connectivity index (χ2v) is 9.13. The van der Waals surface area contributed by atoms with Gasteiger partial charge in [-0.05, 0) is 49.2 Å². The van der Waals surface area contributed by atoms with Crippen LogP contribution in [0.15, 0.2) is 54.6 Å². The Morgan fingerprint density at radius 3 is 2.44 bits per heavy atom. The van der Waals surface area contributed by atoms with Gasteiger partial charge in [-0.3, -0.25) is 4.79 Å². The molecule has 1 heterocycles. The van der Waals surface area contributed by atoms with Crippen molar-refractivity contribution in [2.24, 2.45) is 11.3 Å². The molecular weight excluding hydrogens is 445 g/mol. The monoisotopic (exact) mass is 475 g/mol. The molecule has 0 bridgehead atoms. The number of rotatable bonds is 5. The predicted octanol–water partition coefficient (Wildman–Crippen LogP) is 5.97. The van der Waals surface area contributed by atoms with Crippen molar-refractivity contribution in [3.05, 3.63) is 75.8 Å². The topological polar surface area (TPSA) is 58.6 Å². The zero-order valence-electron chi connectivity index (χ0n) is 18.9. The number of aliphatic hydroxyl groups excluding tert-OH is 1. The normalized spacial score (nSPS) is 28.4. The molecule has 2 aromatic carbocycles. The van der Waals surface area contributed by atoms with Crippen LogP contribution in [-0.2, 0) is 4.79 Å². The molecule has 0 spiro atoms. The maximum atomic E-state index is 12.8. The van der Waals surface area contributed by atoms with Crippen LogP contribution in [0, 0.1) is 11.3 Å². The molecule has 6 heteroatoms. The Hall–Kier alpha value is -2.01. The van der Waals surface area contributed by atoms with Crippen LogP contribution in [0.25, 0.3) is 0 Å². The van der Waals surface area contributed by atoms with E-state index in [1.807, 2.05) is 63.2 Å². The van der Waals surface area contributed by atoms with Crippen molar-refractivity contribution in [3.8, 4) is 5.75 Å². The van der Waals surface area contributed by atoms with E-state index in [2.05, 4.69) is 18.3 Å². The van der Waals surface area contributed by atoms with E-state index in [-0.39, 0.29) is 42.9 Å². The SMILES string of the molecule is CC.CC1NC(=O)C2(C)C=CC(c3ccc(OCCO)cc3Cl)C(c3ccc(Cl)cc3)C12. The Morgan fingerprint density at radius 1 is 1.12 bits per heavy atom. The number of amides is 1. The second-order valence-electron chi connectivity index (χ2n) is 8.29. The molecule has 4 rings (SSSR count). The fourth-order valence-electron chi connectivity index (χ4n) is 5.07. The van der Waals surface area contributed by atoms with Crippen molar-refractivity contribution in [1.29, 1.82) is 0 Å². The summed E-state index contributed by atoms with van der Waals surface area (Å²) >= 11 is 12.8. The van der Waals surface area contributed by atoms with Gasteiger partial charge in [0.05, 0.1) is 12.0 Å². The summed E-state index contributed by atoms with van der Waals surface area (Å²) in [6, 6.07) is 13.5. The number of halogens is 2. The van der Waals surface area contributed by atoms with E-state index in [9.17, 15) is 4.79 Å². The summed E-state index contributed by atoms with van der Waals surface area (Å²) in [6.07, 6.45) is 4.16. The van der Waals surface area contributed by atoms with Crippen molar-refractivity contribution < 1.29 is 14.6 Å². The Balaban J connectivity index is 0.00000141. The van der Waals surface area contributed by atoms with Crippen LogP contribution in [0.1, 0.15) is 50.7 Å². The Labute approximate surface area is 200 Å². The largest absolute Gasteiger partial charge is 0.491 e. The molecule has 1 aliphatic heterocycles. The number of benzene rings is 2. The van der Waals surface area contributed by atoms with Gasteiger partial charge in [-0.2, -0.15) is 0 Å². The van der Waals surface area contributed by atoms with Crippen LogP contribution in [0.3, 0.4) is 0 Å². The predicted molar refractivity (Wildman–Crippen MR) is 131 cm³/mol. The van der Waals surface area contributed by atoms with Gasteiger partial charge in [0.1, 0.15) is 12.4 Å². The molecule has 4 nitrogen and oxygen atoms in total. The van der Waals surface area contributed by atoms with Crippen LogP contribution in [0.5, 0.6) is 5.75 Å². The van der Waals surface area contributed by atoms with Gasteiger partial charge in [-0.25, -0.2) is 0 Å². The molecule has 5 unspecified atom stereocenters. The highest BCUT2D eigenvalue weighted by atomic mass is 35.5. The van der Waals surface area contributed by atoms with Crippen LogP contribution >= 0.6 is 23.2 Å². The van der Waals surface area contributed by atoms with E-state index in [0.717, 1.165) is 11.1 Å². The highest BCUT2D eigenvalue weighted by Gasteiger charge is 2.55. The van der Waals surface area contributed by atoms with Gasteiger partial charge in [-0.1, -0.05) is 67.4 Å².